The van der Waals surface area contributed by atoms with Crippen LogP contribution in [0.2, 0.25) is 5.02 Å². The largest absolute Gasteiger partial charge is 0.434 e. The molecule has 0 aliphatic rings. The van der Waals surface area contributed by atoms with E-state index < -0.39 is 17.8 Å². The van der Waals surface area contributed by atoms with Crippen molar-refractivity contribution in [2.75, 3.05) is 0 Å². The summed E-state index contributed by atoms with van der Waals surface area (Å²) in [6.45, 7) is -0.0949. The van der Waals surface area contributed by atoms with Crippen LogP contribution in [0.15, 0.2) is 24.7 Å². The molecule has 3 heterocycles. The molecular formula is C13H9ClF4N6. The Balaban J connectivity index is 2.07. The fraction of sp³-hybridized carbons (Fsp3) is 0.231. The number of alkyl halides is 3. The van der Waals surface area contributed by atoms with Crippen molar-refractivity contribution in [3.05, 3.63) is 47.1 Å². The molecular weight excluding hydrogens is 352 g/mol. The van der Waals surface area contributed by atoms with E-state index in [4.69, 9.17) is 11.6 Å². The van der Waals surface area contributed by atoms with Crippen LogP contribution in [0.4, 0.5) is 17.6 Å². The van der Waals surface area contributed by atoms with E-state index in [1.807, 2.05) is 0 Å². The molecule has 0 aromatic carbocycles. The highest BCUT2D eigenvalue weighted by Crippen LogP contribution is 2.31. The van der Waals surface area contributed by atoms with E-state index in [1.54, 1.807) is 0 Å². The summed E-state index contributed by atoms with van der Waals surface area (Å²) in [4.78, 5) is 11.4. The quantitative estimate of drug-likeness (QED) is 0.674. The maximum atomic E-state index is 13.3. The first kappa shape index (κ1) is 16.4. The zero-order valence-corrected chi connectivity index (χ0v) is 12.8. The summed E-state index contributed by atoms with van der Waals surface area (Å²) in [7, 11) is 1.41. The molecule has 0 saturated heterocycles. The van der Waals surface area contributed by atoms with Crippen LogP contribution in [-0.2, 0) is 19.8 Å². The minimum Gasteiger partial charge on any atom is -0.321 e. The third-order valence-electron chi connectivity index (χ3n) is 3.13. The van der Waals surface area contributed by atoms with Crippen molar-refractivity contribution < 1.29 is 17.6 Å². The van der Waals surface area contributed by atoms with Gasteiger partial charge in [0.15, 0.2) is 11.5 Å². The molecule has 6 nitrogen and oxygen atoms in total. The first-order valence-electron chi connectivity index (χ1n) is 6.55. The average Bonchev–Trinajstić information content (AvgIpc) is 3.04. The van der Waals surface area contributed by atoms with Gasteiger partial charge in [0.05, 0.1) is 11.6 Å². The van der Waals surface area contributed by atoms with Crippen LogP contribution < -0.4 is 0 Å². The van der Waals surface area contributed by atoms with Gasteiger partial charge in [0.2, 0.25) is 5.95 Å². The summed E-state index contributed by atoms with van der Waals surface area (Å²) in [5, 5.41) is 3.79. The number of aromatic nitrogens is 6. The monoisotopic (exact) mass is 360 g/mol. The highest BCUT2D eigenvalue weighted by Gasteiger charge is 2.35. The second-order valence-electron chi connectivity index (χ2n) is 4.87. The standard InChI is InChI=1S/C13H9ClF4N6/c1-23-8(2-10(15)22-23)12-21-9(13(16,17)18)5-24(12)6-11-19-3-7(14)4-20-11/h2-5H,6H2,1H3. The second kappa shape index (κ2) is 5.86. The number of imidazole rings is 1. The van der Waals surface area contributed by atoms with Gasteiger partial charge in [0.25, 0.3) is 0 Å². The van der Waals surface area contributed by atoms with E-state index in [9.17, 15) is 17.6 Å². The first-order valence-corrected chi connectivity index (χ1v) is 6.92. The average molecular weight is 361 g/mol. The van der Waals surface area contributed by atoms with Crippen molar-refractivity contribution >= 4 is 11.6 Å². The van der Waals surface area contributed by atoms with Crippen molar-refractivity contribution in [1.82, 2.24) is 29.3 Å². The van der Waals surface area contributed by atoms with Crippen LogP contribution in [0.25, 0.3) is 11.5 Å². The van der Waals surface area contributed by atoms with Gasteiger partial charge in [-0.2, -0.15) is 17.6 Å². The van der Waals surface area contributed by atoms with Gasteiger partial charge >= 0.3 is 6.18 Å². The maximum absolute atomic E-state index is 13.3. The molecule has 3 aromatic rings. The first-order chi connectivity index (χ1) is 11.2. The molecule has 0 radical (unpaired) electrons. The van der Waals surface area contributed by atoms with Crippen LogP contribution in [0.3, 0.4) is 0 Å². The SMILES string of the molecule is Cn1nc(F)cc1-c1nc(C(F)(F)F)cn1Cc1ncc(Cl)cn1. The summed E-state index contributed by atoms with van der Waals surface area (Å²) in [5.41, 5.74) is -1.01. The van der Waals surface area contributed by atoms with E-state index in [-0.39, 0.29) is 23.9 Å². The Bertz CT molecular complexity index is 868. The molecule has 0 aliphatic carbocycles. The van der Waals surface area contributed by atoms with E-state index in [0.717, 1.165) is 16.9 Å². The lowest BCUT2D eigenvalue weighted by Gasteiger charge is -2.06. The molecule has 0 unspecified atom stereocenters. The van der Waals surface area contributed by atoms with E-state index in [2.05, 4.69) is 20.1 Å². The van der Waals surface area contributed by atoms with Gasteiger partial charge in [-0.15, -0.1) is 5.10 Å². The lowest BCUT2D eigenvalue weighted by molar-refractivity contribution is -0.140. The van der Waals surface area contributed by atoms with Crippen molar-refractivity contribution in [2.24, 2.45) is 7.05 Å². The van der Waals surface area contributed by atoms with Gasteiger partial charge in [-0.3, -0.25) is 4.68 Å². The van der Waals surface area contributed by atoms with Crippen LogP contribution in [0, 0.1) is 5.95 Å². The molecule has 0 N–H and O–H groups in total. The molecule has 126 valence electrons. The van der Waals surface area contributed by atoms with Crippen LogP contribution in [0.1, 0.15) is 11.5 Å². The molecule has 11 heteroatoms. The highest BCUT2D eigenvalue weighted by molar-refractivity contribution is 6.30. The molecule has 3 aromatic heterocycles. The Kier molecular flexibility index (Phi) is 3.99. The summed E-state index contributed by atoms with van der Waals surface area (Å²) in [6, 6.07) is 1.00. The van der Waals surface area contributed by atoms with E-state index in [1.165, 1.54) is 24.0 Å². The summed E-state index contributed by atoms with van der Waals surface area (Å²) < 4.78 is 54.5. The lowest BCUT2D eigenvalue weighted by Crippen LogP contribution is -2.07. The molecule has 3 rings (SSSR count). The van der Waals surface area contributed by atoms with Gasteiger partial charge in [0.1, 0.15) is 11.5 Å². The smallest absolute Gasteiger partial charge is 0.321 e. The van der Waals surface area contributed by atoms with Gasteiger partial charge in [-0.1, -0.05) is 11.6 Å². The highest BCUT2D eigenvalue weighted by atomic mass is 35.5. The fourth-order valence-corrected chi connectivity index (χ4v) is 2.19. The summed E-state index contributed by atoms with van der Waals surface area (Å²) in [6.07, 6.45) is -1.17. The normalized spacial score (nSPS) is 11.9. The minimum atomic E-state index is -4.64. The van der Waals surface area contributed by atoms with Gasteiger partial charge in [-0.25, -0.2) is 15.0 Å². The van der Waals surface area contributed by atoms with E-state index in [0.29, 0.717) is 5.02 Å². The number of halogens is 5. The van der Waals surface area contributed by atoms with Crippen molar-refractivity contribution in [3.63, 3.8) is 0 Å². The Labute approximate surface area is 137 Å². The number of hydrogen-bond acceptors (Lipinski definition) is 4. The topological polar surface area (TPSA) is 61.4 Å². The van der Waals surface area contributed by atoms with E-state index >= 15 is 0 Å². The summed E-state index contributed by atoms with van der Waals surface area (Å²) in [5.74, 6) is -0.687. The van der Waals surface area contributed by atoms with Crippen LogP contribution in [0.5, 0.6) is 0 Å². The van der Waals surface area contributed by atoms with Crippen LogP contribution >= 0.6 is 11.6 Å². The second-order valence-corrected chi connectivity index (χ2v) is 5.31. The fourth-order valence-electron chi connectivity index (χ4n) is 2.09. The van der Waals surface area contributed by atoms with Crippen LogP contribution in [-0.4, -0.2) is 29.3 Å². The Hall–Kier alpha value is -2.49. The van der Waals surface area contributed by atoms with Gasteiger partial charge in [-0.05, 0) is 0 Å². The number of aryl methyl sites for hydroxylation is 1. The zero-order valence-electron chi connectivity index (χ0n) is 12.1. The number of rotatable bonds is 3. The molecule has 0 bridgehead atoms. The van der Waals surface area contributed by atoms with Crippen molar-refractivity contribution in [2.45, 2.75) is 12.7 Å². The maximum Gasteiger partial charge on any atom is 0.434 e. The zero-order chi connectivity index (χ0) is 17.5. The third-order valence-corrected chi connectivity index (χ3v) is 3.33. The Morgan fingerprint density at radius 1 is 1.21 bits per heavy atom. The van der Waals surface area contributed by atoms with Gasteiger partial charge < -0.3 is 4.57 Å². The molecule has 0 spiro atoms. The minimum absolute atomic E-state index is 0.0944. The van der Waals surface area contributed by atoms with Crippen molar-refractivity contribution in [3.8, 4) is 11.5 Å². The molecule has 0 saturated carbocycles. The Morgan fingerprint density at radius 3 is 2.42 bits per heavy atom. The number of hydrogen-bond donors (Lipinski definition) is 0. The molecule has 0 aliphatic heterocycles. The molecule has 24 heavy (non-hydrogen) atoms. The number of nitrogens with zero attached hydrogens (tertiary/aromatic N) is 6. The molecule has 0 atom stereocenters. The third kappa shape index (κ3) is 3.23. The Morgan fingerprint density at radius 2 is 1.88 bits per heavy atom. The lowest BCUT2D eigenvalue weighted by atomic mass is 10.4. The predicted molar refractivity (Wildman–Crippen MR) is 75.5 cm³/mol. The van der Waals surface area contributed by atoms with Crippen molar-refractivity contribution in [1.29, 1.82) is 0 Å². The predicted octanol–water partition coefficient (Wildman–Crippen LogP) is 2.93. The molecule has 0 fully saturated rings. The van der Waals surface area contributed by atoms with Gasteiger partial charge in [0, 0.05) is 31.7 Å². The summed E-state index contributed by atoms with van der Waals surface area (Å²) >= 11 is 5.68. The molecule has 0 amide bonds.